The fourth-order valence-electron chi connectivity index (χ4n) is 2.48. The quantitative estimate of drug-likeness (QED) is 0.568. The molecule has 1 aromatic carbocycles. The Kier molecular flexibility index (Phi) is 4.53. The molecule has 0 aliphatic carbocycles. The third-order valence-corrected chi connectivity index (χ3v) is 4.21. The molecule has 25 heavy (non-hydrogen) atoms. The summed E-state index contributed by atoms with van der Waals surface area (Å²) in [5.41, 5.74) is -0.969. The molecule has 3 N–H and O–H groups in total. The van der Waals surface area contributed by atoms with Crippen LogP contribution in [-0.2, 0) is 9.59 Å². The van der Waals surface area contributed by atoms with Crippen LogP contribution < -0.4 is 16.2 Å². The number of H-pyrrole nitrogens is 1. The molecule has 0 unspecified atom stereocenters. The van der Waals surface area contributed by atoms with E-state index in [4.69, 9.17) is 0 Å². The van der Waals surface area contributed by atoms with Gasteiger partial charge in [-0.25, -0.2) is 13.8 Å². The maximum atomic E-state index is 13.7. The molecule has 0 saturated carbocycles. The lowest BCUT2D eigenvalue weighted by atomic mass is 9.92. The Morgan fingerprint density at radius 2 is 2.12 bits per heavy atom. The number of hydrogen-bond acceptors (Lipinski definition) is 5. The first-order valence-electron chi connectivity index (χ1n) is 7.13. The summed E-state index contributed by atoms with van der Waals surface area (Å²) < 4.78 is 26.9. The first-order valence-corrected chi connectivity index (χ1v) is 8.35. The van der Waals surface area contributed by atoms with Gasteiger partial charge >= 0.3 is 0 Å². The van der Waals surface area contributed by atoms with Crippen molar-refractivity contribution < 1.29 is 18.4 Å². The Morgan fingerprint density at radius 1 is 1.36 bits per heavy atom. The standard InChI is InChI=1S/C15H12F2N4O3S/c1-25-15-20-12-11(14(24)21-15)7(5-10(22)19-12)13(23)18-9-4-6(16)2-3-8(9)17/h2-4,7H,5H2,1H3,(H,18,23)(H2,19,20,21,22,24)/t7-/m0/s1. The number of hydrogen-bond donors (Lipinski definition) is 3. The number of halogens is 2. The van der Waals surface area contributed by atoms with Crippen LogP contribution in [-0.4, -0.2) is 28.0 Å². The number of aromatic nitrogens is 2. The molecule has 10 heteroatoms. The molecule has 2 amide bonds. The number of fused-ring (bicyclic) bond motifs is 1. The van der Waals surface area contributed by atoms with E-state index in [9.17, 15) is 23.2 Å². The Hall–Kier alpha value is -2.75. The summed E-state index contributed by atoms with van der Waals surface area (Å²) >= 11 is 1.16. The summed E-state index contributed by atoms with van der Waals surface area (Å²) in [7, 11) is 0. The number of amides is 2. The summed E-state index contributed by atoms with van der Waals surface area (Å²) in [5.74, 6) is -4.05. The lowest BCUT2D eigenvalue weighted by molar-refractivity contribution is -0.123. The molecule has 0 bridgehead atoms. The second kappa shape index (κ2) is 6.63. The molecule has 2 heterocycles. The lowest BCUT2D eigenvalue weighted by Crippen LogP contribution is -2.36. The zero-order valence-electron chi connectivity index (χ0n) is 12.9. The number of anilines is 2. The van der Waals surface area contributed by atoms with Crippen LogP contribution in [0.25, 0.3) is 0 Å². The van der Waals surface area contributed by atoms with E-state index in [1.807, 2.05) is 0 Å². The smallest absolute Gasteiger partial charge is 0.257 e. The highest BCUT2D eigenvalue weighted by Gasteiger charge is 2.35. The van der Waals surface area contributed by atoms with E-state index in [0.717, 1.165) is 30.0 Å². The first kappa shape index (κ1) is 17.1. The summed E-state index contributed by atoms with van der Waals surface area (Å²) in [6.07, 6.45) is 1.38. The van der Waals surface area contributed by atoms with Gasteiger partial charge in [0, 0.05) is 12.5 Å². The Morgan fingerprint density at radius 3 is 2.84 bits per heavy atom. The monoisotopic (exact) mass is 366 g/mol. The fraction of sp³-hybridized carbons (Fsp3) is 0.200. The van der Waals surface area contributed by atoms with Crippen molar-refractivity contribution >= 4 is 35.1 Å². The molecule has 3 rings (SSSR count). The number of nitrogens with zero attached hydrogens (tertiary/aromatic N) is 1. The molecule has 0 radical (unpaired) electrons. The van der Waals surface area contributed by atoms with Crippen molar-refractivity contribution in [3.8, 4) is 0 Å². The third-order valence-electron chi connectivity index (χ3n) is 3.63. The van der Waals surface area contributed by atoms with Gasteiger partial charge in [0.2, 0.25) is 11.8 Å². The van der Waals surface area contributed by atoms with Gasteiger partial charge < -0.3 is 15.6 Å². The number of carbonyl (C=O) groups excluding carboxylic acids is 2. The number of thioether (sulfide) groups is 1. The first-order chi connectivity index (χ1) is 11.9. The largest absolute Gasteiger partial charge is 0.323 e. The molecule has 7 nitrogen and oxygen atoms in total. The van der Waals surface area contributed by atoms with E-state index in [1.165, 1.54) is 0 Å². The molecule has 1 aliphatic heterocycles. The van der Waals surface area contributed by atoms with Gasteiger partial charge in [0.05, 0.1) is 17.2 Å². The van der Waals surface area contributed by atoms with Gasteiger partial charge in [-0.2, -0.15) is 0 Å². The highest BCUT2D eigenvalue weighted by molar-refractivity contribution is 7.98. The Bertz CT molecular complexity index is 931. The van der Waals surface area contributed by atoms with Crippen LogP contribution >= 0.6 is 11.8 Å². The van der Waals surface area contributed by atoms with Crippen LogP contribution in [0.15, 0.2) is 28.2 Å². The van der Waals surface area contributed by atoms with E-state index >= 15 is 0 Å². The Labute approximate surface area is 144 Å². The summed E-state index contributed by atoms with van der Waals surface area (Å²) in [5, 5.41) is 4.94. The van der Waals surface area contributed by atoms with Crippen molar-refractivity contribution in [3.63, 3.8) is 0 Å². The maximum absolute atomic E-state index is 13.7. The molecule has 130 valence electrons. The van der Waals surface area contributed by atoms with Crippen molar-refractivity contribution in [1.82, 2.24) is 9.97 Å². The molecule has 1 aliphatic rings. The van der Waals surface area contributed by atoms with Gasteiger partial charge in [0.1, 0.15) is 17.5 Å². The number of aromatic amines is 1. The van der Waals surface area contributed by atoms with Crippen molar-refractivity contribution in [1.29, 1.82) is 0 Å². The summed E-state index contributed by atoms with van der Waals surface area (Å²) in [6.45, 7) is 0. The van der Waals surface area contributed by atoms with Gasteiger partial charge in [-0.15, -0.1) is 0 Å². The molecule has 2 aromatic rings. The Balaban J connectivity index is 1.98. The number of carbonyl (C=O) groups is 2. The third kappa shape index (κ3) is 3.38. The normalized spacial score (nSPS) is 16.1. The maximum Gasteiger partial charge on any atom is 0.257 e. The van der Waals surface area contributed by atoms with E-state index in [0.29, 0.717) is 0 Å². The molecule has 0 fully saturated rings. The zero-order chi connectivity index (χ0) is 18.1. The second-order valence-electron chi connectivity index (χ2n) is 5.26. The molecule has 1 atom stereocenters. The highest BCUT2D eigenvalue weighted by Crippen LogP contribution is 2.30. The number of rotatable bonds is 3. The van der Waals surface area contributed by atoms with Crippen molar-refractivity contribution in [2.24, 2.45) is 0 Å². The van der Waals surface area contributed by atoms with Gasteiger partial charge in [0.15, 0.2) is 5.16 Å². The van der Waals surface area contributed by atoms with Gasteiger partial charge in [0.25, 0.3) is 5.56 Å². The number of nitrogens with one attached hydrogen (secondary N) is 3. The average molecular weight is 366 g/mol. The molecule has 0 spiro atoms. The van der Waals surface area contributed by atoms with Crippen LogP contribution in [0.3, 0.4) is 0 Å². The average Bonchev–Trinajstić information content (AvgIpc) is 2.56. The lowest BCUT2D eigenvalue weighted by Gasteiger charge is -2.23. The minimum absolute atomic E-state index is 0.00999. The minimum atomic E-state index is -1.17. The minimum Gasteiger partial charge on any atom is -0.323 e. The SMILES string of the molecule is CSc1nc2c(c(=O)[nH]1)[C@@H](C(=O)Nc1cc(F)ccc1F)CC(=O)N2. The predicted octanol–water partition coefficient (Wildman–Crippen LogP) is 1.83. The van der Waals surface area contributed by atoms with Crippen LogP contribution in [0.4, 0.5) is 20.3 Å². The van der Waals surface area contributed by atoms with Crippen LogP contribution in [0.1, 0.15) is 17.9 Å². The van der Waals surface area contributed by atoms with Crippen molar-refractivity contribution in [2.75, 3.05) is 16.9 Å². The highest BCUT2D eigenvalue weighted by atomic mass is 32.2. The van der Waals surface area contributed by atoms with E-state index in [2.05, 4.69) is 20.6 Å². The number of benzene rings is 1. The predicted molar refractivity (Wildman–Crippen MR) is 87.6 cm³/mol. The van der Waals surface area contributed by atoms with Crippen LogP contribution in [0.2, 0.25) is 0 Å². The van der Waals surface area contributed by atoms with E-state index in [1.54, 1.807) is 6.26 Å². The van der Waals surface area contributed by atoms with Gasteiger partial charge in [-0.05, 0) is 18.4 Å². The topological polar surface area (TPSA) is 104 Å². The van der Waals surface area contributed by atoms with E-state index in [-0.39, 0.29) is 28.6 Å². The zero-order valence-corrected chi connectivity index (χ0v) is 13.7. The molecule has 1 aromatic heterocycles. The summed E-state index contributed by atoms with van der Waals surface area (Å²) in [6, 6.07) is 2.59. The molecule has 0 saturated heterocycles. The van der Waals surface area contributed by atoms with Crippen molar-refractivity contribution in [3.05, 3.63) is 45.8 Å². The summed E-state index contributed by atoms with van der Waals surface area (Å²) in [4.78, 5) is 43.2. The van der Waals surface area contributed by atoms with Gasteiger partial charge in [-0.1, -0.05) is 11.8 Å². The van der Waals surface area contributed by atoms with Crippen molar-refractivity contribution in [2.45, 2.75) is 17.5 Å². The molecular formula is C15H12F2N4O3S. The molecular weight excluding hydrogens is 354 g/mol. The second-order valence-corrected chi connectivity index (χ2v) is 6.05. The van der Waals surface area contributed by atoms with Crippen LogP contribution in [0, 0.1) is 11.6 Å². The van der Waals surface area contributed by atoms with E-state index < -0.39 is 34.9 Å². The van der Waals surface area contributed by atoms with Gasteiger partial charge in [-0.3, -0.25) is 14.4 Å². The van der Waals surface area contributed by atoms with Crippen LogP contribution in [0.5, 0.6) is 0 Å². The fourth-order valence-corrected chi connectivity index (χ4v) is 2.86.